The lowest BCUT2D eigenvalue weighted by Crippen LogP contribution is -2.67. The summed E-state index contributed by atoms with van der Waals surface area (Å²) in [6, 6.07) is 16.2. The van der Waals surface area contributed by atoms with Gasteiger partial charge in [0.1, 0.15) is 35.7 Å². The van der Waals surface area contributed by atoms with Crippen LogP contribution in [0.3, 0.4) is 0 Å². The molecule has 1 aromatic heterocycles. The third-order valence-electron chi connectivity index (χ3n) is 12.2. The van der Waals surface area contributed by atoms with E-state index in [9.17, 15) is 28.8 Å². The highest BCUT2D eigenvalue weighted by Gasteiger charge is 2.45. The number of carbonyl (C=O) groups excluding carboxylic acids is 7. The summed E-state index contributed by atoms with van der Waals surface area (Å²) >= 11 is 7.90. The van der Waals surface area contributed by atoms with Gasteiger partial charge in [-0.2, -0.15) is 0 Å². The smallest absolute Gasteiger partial charge is 0.246 e. The number of aromatic nitrogens is 1. The number of aliphatic imine (C=N–C) groups is 1. The first kappa shape index (κ1) is 54.9. The summed E-state index contributed by atoms with van der Waals surface area (Å²) in [5, 5.41) is 17.9. The number of halogens is 1. The first-order chi connectivity index (χ1) is 33.6. The number of hydrogen-bond acceptors (Lipinski definition) is 10. The summed E-state index contributed by atoms with van der Waals surface area (Å²) < 4.78 is 0.850. The lowest BCUT2D eigenvalue weighted by atomic mass is 9.76. The van der Waals surface area contributed by atoms with Crippen molar-refractivity contribution in [2.75, 3.05) is 12.3 Å². The number of aromatic amines is 1. The largest absolute Gasteiger partial charge is 0.370 e. The van der Waals surface area contributed by atoms with Crippen LogP contribution in [0.15, 0.2) is 88.5 Å². The van der Waals surface area contributed by atoms with E-state index < -0.39 is 71.2 Å². The van der Waals surface area contributed by atoms with Gasteiger partial charge in [-0.05, 0) is 72.9 Å². The van der Waals surface area contributed by atoms with Crippen molar-refractivity contribution in [3.63, 3.8) is 0 Å². The molecule has 6 unspecified atom stereocenters. The van der Waals surface area contributed by atoms with Crippen molar-refractivity contribution < 1.29 is 33.6 Å². The van der Waals surface area contributed by atoms with Gasteiger partial charge in [0.05, 0.1) is 0 Å². The Labute approximate surface area is 425 Å². The molecule has 70 heavy (non-hydrogen) atoms. The molecular formula is C49H64BrN11O7S2. The van der Waals surface area contributed by atoms with Crippen LogP contribution in [-0.2, 0) is 59.2 Å². The number of nitrogens with one attached hydrogen (secondary N) is 7. The number of H-pyrrole nitrogens is 1. The number of nitrogens with two attached hydrogens (primary N) is 3. The van der Waals surface area contributed by atoms with Crippen molar-refractivity contribution >= 4 is 96.6 Å². The summed E-state index contributed by atoms with van der Waals surface area (Å²) in [6.45, 7) is 3.75. The zero-order valence-electron chi connectivity index (χ0n) is 39.4. The molecule has 0 bridgehead atoms. The molecule has 13 N–H and O–H groups in total. The molecule has 0 aliphatic heterocycles. The fraction of sp³-hybridized carbons (Fsp3) is 0.429. The van der Waals surface area contributed by atoms with Gasteiger partial charge in [0, 0.05) is 59.6 Å². The predicted octanol–water partition coefficient (Wildman–Crippen LogP) is 2.90. The second kappa shape index (κ2) is 26.8. The van der Waals surface area contributed by atoms with E-state index in [1.807, 2.05) is 55.5 Å². The Morgan fingerprint density at radius 3 is 2.13 bits per heavy atom. The molecule has 0 saturated carbocycles. The number of nitrogens with zero attached hydrogens (tertiary/aromatic N) is 1. The van der Waals surface area contributed by atoms with E-state index in [2.05, 4.69) is 69.5 Å². The minimum absolute atomic E-state index is 0.000822. The molecule has 376 valence electrons. The van der Waals surface area contributed by atoms with Crippen LogP contribution in [0.5, 0.6) is 0 Å². The molecule has 0 fully saturated rings. The highest BCUT2D eigenvalue weighted by Crippen LogP contribution is 2.34. The first-order valence-corrected chi connectivity index (χ1v) is 26.2. The number of unbranched alkanes of at least 4 members (excludes halogenated alkanes) is 1. The van der Waals surface area contributed by atoms with Crippen LogP contribution in [0, 0.1) is 0 Å². The SMILES string of the molecule is CCCCC(=O)NC(CSS)C(=O)NC1(C(=O)NC(Cc2ccccc2)C(=O)NC(CCCN=C(N)N)C(=O)NC(Cc2c[nH]c3ccccc23)C(=O)NC(CC)C(N)=O)CCc2c(Br)cccc2C1. The van der Waals surface area contributed by atoms with Gasteiger partial charge in [0.2, 0.25) is 41.4 Å². The molecule has 0 saturated heterocycles. The summed E-state index contributed by atoms with van der Waals surface area (Å²) in [4.78, 5) is 105. The van der Waals surface area contributed by atoms with Crippen LogP contribution >= 0.6 is 38.4 Å². The number of para-hydroxylation sites is 1. The van der Waals surface area contributed by atoms with E-state index >= 15 is 4.79 Å². The van der Waals surface area contributed by atoms with E-state index in [-0.39, 0.29) is 75.5 Å². The van der Waals surface area contributed by atoms with Crippen molar-refractivity contribution in [2.45, 2.75) is 120 Å². The Hall–Kier alpha value is -6.06. The number of hydrogen-bond donors (Lipinski definition) is 11. The topological polar surface area (TPSA) is 298 Å². The molecule has 1 aliphatic rings. The van der Waals surface area contributed by atoms with E-state index in [4.69, 9.17) is 17.2 Å². The molecule has 3 aromatic carbocycles. The van der Waals surface area contributed by atoms with Gasteiger partial charge in [-0.1, -0.05) is 108 Å². The molecule has 21 heteroatoms. The van der Waals surface area contributed by atoms with E-state index in [1.54, 1.807) is 37.4 Å². The molecule has 18 nitrogen and oxygen atoms in total. The summed E-state index contributed by atoms with van der Waals surface area (Å²) in [7, 11) is 1.07. The molecule has 4 aromatic rings. The zero-order valence-corrected chi connectivity index (χ0v) is 42.7. The Kier molecular flexibility index (Phi) is 21.0. The number of thiol groups is 1. The number of carbonyl (C=O) groups is 7. The van der Waals surface area contributed by atoms with Crippen LogP contribution in [0.4, 0.5) is 0 Å². The quantitative estimate of drug-likeness (QED) is 0.0144. The molecule has 6 atom stereocenters. The van der Waals surface area contributed by atoms with Crippen LogP contribution < -0.4 is 49.1 Å². The highest BCUT2D eigenvalue weighted by molar-refractivity contribution is 9.10. The molecule has 1 heterocycles. The maximum atomic E-state index is 15.1. The fourth-order valence-electron chi connectivity index (χ4n) is 8.39. The van der Waals surface area contributed by atoms with Gasteiger partial charge in [0.25, 0.3) is 0 Å². The van der Waals surface area contributed by atoms with Gasteiger partial charge in [-0.15, -0.1) is 11.7 Å². The van der Waals surface area contributed by atoms with E-state index in [0.717, 1.165) is 43.7 Å². The number of primary amides is 1. The third-order valence-corrected chi connectivity index (χ3v) is 13.9. The van der Waals surface area contributed by atoms with E-state index in [0.29, 0.717) is 24.0 Å². The minimum atomic E-state index is -1.59. The Balaban J connectivity index is 1.48. The Morgan fingerprint density at radius 1 is 0.771 bits per heavy atom. The highest BCUT2D eigenvalue weighted by atomic mass is 79.9. The number of amides is 7. The van der Waals surface area contributed by atoms with Crippen molar-refractivity contribution in [1.82, 2.24) is 36.9 Å². The number of guanidine groups is 1. The third kappa shape index (κ3) is 15.5. The first-order valence-electron chi connectivity index (χ1n) is 23.4. The second-order valence-electron chi connectivity index (χ2n) is 17.4. The maximum absolute atomic E-state index is 15.1. The number of benzene rings is 3. The molecule has 0 radical (unpaired) electrons. The molecule has 0 spiro atoms. The van der Waals surface area contributed by atoms with Crippen molar-refractivity contribution in [2.24, 2.45) is 22.2 Å². The lowest BCUT2D eigenvalue weighted by Gasteiger charge is -2.39. The summed E-state index contributed by atoms with van der Waals surface area (Å²) in [5.74, 6) is -4.48. The van der Waals surface area contributed by atoms with Gasteiger partial charge in [0.15, 0.2) is 5.96 Å². The normalized spacial score (nSPS) is 16.2. The predicted molar refractivity (Wildman–Crippen MR) is 279 cm³/mol. The van der Waals surface area contributed by atoms with Crippen LogP contribution in [-0.4, -0.2) is 100 Å². The molecule has 7 amide bonds. The molecule has 1 aliphatic carbocycles. The Bertz CT molecular complexity index is 2510. The van der Waals surface area contributed by atoms with Gasteiger partial charge in [-0.3, -0.25) is 38.6 Å². The second-order valence-corrected chi connectivity index (χ2v) is 19.6. The van der Waals surface area contributed by atoms with Gasteiger partial charge in [-0.25, -0.2) is 0 Å². The van der Waals surface area contributed by atoms with Crippen LogP contribution in [0.2, 0.25) is 0 Å². The van der Waals surface area contributed by atoms with Crippen molar-refractivity contribution in [1.29, 1.82) is 0 Å². The number of fused-ring (bicyclic) bond motifs is 2. The maximum Gasteiger partial charge on any atom is 0.246 e. The average Bonchev–Trinajstić information content (AvgIpc) is 3.75. The van der Waals surface area contributed by atoms with Crippen LogP contribution in [0.1, 0.15) is 81.0 Å². The van der Waals surface area contributed by atoms with Gasteiger partial charge >= 0.3 is 0 Å². The zero-order chi connectivity index (χ0) is 50.8. The fourth-order valence-corrected chi connectivity index (χ4v) is 9.83. The summed E-state index contributed by atoms with van der Waals surface area (Å²) in [6.07, 6.45) is 4.37. The molecule has 5 rings (SSSR count). The van der Waals surface area contributed by atoms with Crippen molar-refractivity contribution in [3.05, 3.63) is 106 Å². The standard InChI is InChI=1S/C49H64BrN11O7S2/c1-3-5-20-41(62)56-40(28-70-69)46(67)61-49(22-21-32-30(26-49)15-11-17-34(32)50)47(68)60-38(24-29-13-7-6-8-14-29)44(65)58-37(19-12-23-54-48(52)53)43(64)59-39(45(66)57-35(4-2)42(51)63)25-31-27-55-36-18-10-9-16-33(31)36/h6-11,13-18,27,35,37-40,55,69H,3-5,12,19-26,28H2,1-2H3,(H2,51,63)(H,56,62)(H,57,66)(H,58,65)(H,59,64)(H,60,68)(H,61,67)(H4,52,53,54). The molecular weight excluding hydrogens is 999 g/mol. The minimum Gasteiger partial charge on any atom is -0.370 e. The van der Waals surface area contributed by atoms with Gasteiger partial charge < -0.3 is 54.1 Å². The average molecular weight is 1060 g/mol. The lowest BCUT2D eigenvalue weighted by molar-refractivity contribution is -0.138. The Morgan fingerprint density at radius 2 is 1.44 bits per heavy atom. The van der Waals surface area contributed by atoms with Crippen LogP contribution in [0.25, 0.3) is 10.9 Å². The summed E-state index contributed by atoms with van der Waals surface area (Å²) in [5.41, 5.74) is 19.2. The van der Waals surface area contributed by atoms with Crippen molar-refractivity contribution in [3.8, 4) is 0 Å². The number of rotatable bonds is 26. The monoisotopic (exact) mass is 1060 g/mol. The van der Waals surface area contributed by atoms with E-state index in [1.165, 1.54) is 0 Å².